The van der Waals surface area contributed by atoms with E-state index in [-0.39, 0.29) is 6.42 Å². The standard InChI is InChI=1S/C21H22N2O4S/c1-26-16-9-5-14(6-10-16)19-20(15-7-11-17(27-2)12-8-15)23-21(22-19)28-13-3-4-18(24)25/h5-12H,3-4,13H2,1-2H3,(H,22,23)(H,24,25). The minimum atomic E-state index is -0.780. The summed E-state index contributed by atoms with van der Waals surface area (Å²) in [5.74, 6) is 1.48. The summed E-state index contributed by atoms with van der Waals surface area (Å²) in [7, 11) is 3.28. The molecule has 2 N–H and O–H groups in total. The van der Waals surface area contributed by atoms with E-state index in [0.29, 0.717) is 12.2 Å². The van der Waals surface area contributed by atoms with Gasteiger partial charge in [0.05, 0.1) is 25.6 Å². The zero-order valence-corrected chi connectivity index (χ0v) is 16.6. The summed E-state index contributed by atoms with van der Waals surface area (Å²) in [6.07, 6.45) is 0.751. The summed E-state index contributed by atoms with van der Waals surface area (Å²) < 4.78 is 10.5. The molecule has 0 aliphatic carbocycles. The number of hydrogen-bond acceptors (Lipinski definition) is 5. The number of hydrogen-bond donors (Lipinski definition) is 2. The van der Waals surface area contributed by atoms with Gasteiger partial charge in [0.2, 0.25) is 0 Å². The second-order valence-electron chi connectivity index (χ2n) is 6.07. The number of carbonyl (C=O) groups is 1. The topological polar surface area (TPSA) is 84.4 Å². The van der Waals surface area contributed by atoms with Gasteiger partial charge >= 0.3 is 5.97 Å². The molecule has 0 amide bonds. The van der Waals surface area contributed by atoms with Crippen LogP contribution >= 0.6 is 11.8 Å². The number of thioether (sulfide) groups is 1. The van der Waals surface area contributed by atoms with E-state index in [0.717, 1.165) is 39.2 Å². The van der Waals surface area contributed by atoms with Crippen molar-refractivity contribution in [2.75, 3.05) is 20.0 Å². The van der Waals surface area contributed by atoms with E-state index in [1.165, 1.54) is 11.8 Å². The van der Waals surface area contributed by atoms with Gasteiger partial charge in [-0.3, -0.25) is 4.79 Å². The number of H-pyrrole nitrogens is 1. The van der Waals surface area contributed by atoms with Crippen LogP contribution in [0.1, 0.15) is 12.8 Å². The predicted molar refractivity (Wildman–Crippen MR) is 110 cm³/mol. The third kappa shape index (κ3) is 4.86. The fourth-order valence-corrected chi connectivity index (χ4v) is 3.55. The number of ether oxygens (including phenoxy) is 2. The highest BCUT2D eigenvalue weighted by Crippen LogP contribution is 2.34. The van der Waals surface area contributed by atoms with E-state index >= 15 is 0 Å². The molecule has 1 heterocycles. The fraction of sp³-hybridized carbons (Fsp3) is 0.238. The van der Waals surface area contributed by atoms with Gasteiger partial charge in [-0.1, -0.05) is 11.8 Å². The summed E-state index contributed by atoms with van der Waals surface area (Å²) in [6, 6.07) is 15.5. The second-order valence-corrected chi connectivity index (χ2v) is 7.15. The van der Waals surface area contributed by atoms with Crippen molar-refractivity contribution in [2.24, 2.45) is 0 Å². The van der Waals surface area contributed by atoms with Gasteiger partial charge in [0.25, 0.3) is 0 Å². The number of rotatable bonds is 9. The molecule has 146 valence electrons. The number of aliphatic carboxylic acids is 1. The Kier molecular flexibility index (Phi) is 6.60. The van der Waals surface area contributed by atoms with E-state index < -0.39 is 5.97 Å². The minimum Gasteiger partial charge on any atom is -0.497 e. The van der Waals surface area contributed by atoms with Crippen LogP contribution < -0.4 is 9.47 Å². The second kappa shape index (κ2) is 9.32. The van der Waals surface area contributed by atoms with Crippen molar-refractivity contribution >= 4 is 17.7 Å². The summed E-state index contributed by atoms with van der Waals surface area (Å²) in [5, 5.41) is 9.55. The van der Waals surface area contributed by atoms with Gasteiger partial charge in [-0.15, -0.1) is 0 Å². The lowest BCUT2D eigenvalue weighted by molar-refractivity contribution is -0.137. The summed E-state index contributed by atoms with van der Waals surface area (Å²) in [6.45, 7) is 0. The highest BCUT2D eigenvalue weighted by atomic mass is 32.2. The molecule has 0 bridgehead atoms. The number of benzene rings is 2. The minimum absolute atomic E-state index is 0.157. The molecular weight excluding hydrogens is 376 g/mol. The van der Waals surface area contributed by atoms with E-state index in [1.807, 2.05) is 48.5 Å². The van der Waals surface area contributed by atoms with Gasteiger partial charge in [0.1, 0.15) is 11.5 Å². The molecule has 0 aliphatic rings. The average molecular weight is 398 g/mol. The third-order valence-electron chi connectivity index (χ3n) is 4.20. The third-order valence-corrected chi connectivity index (χ3v) is 5.16. The number of methoxy groups -OCH3 is 2. The Labute approximate surface area is 167 Å². The van der Waals surface area contributed by atoms with Crippen LogP contribution in [0.5, 0.6) is 11.5 Å². The Morgan fingerprint density at radius 2 is 1.57 bits per heavy atom. The van der Waals surface area contributed by atoms with Gasteiger partial charge in [-0.25, -0.2) is 4.98 Å². The molecule has 6 nitrogen and oxygen atoms in total. The van der Waals surface area contributed by atoms with Crippen molar-refractivity contribution in [3.05, 3.63) is 48.5 Å². The van der Waals surface area contributed by atoms with E-state index in [2.05, 4.69) is 4.98 Å². The van der Waals surface area contributed by atoms with E-state index in [9.17, 15) is 4.79 Å². The number of carboxylic acid groups (broad SMARTS) is 1. The van der Waals surface area contributed by atoms with Crippen LogP contribution in [0, 0.1) is 0 Å². The molecule has 0 saturated carbocycles. The summed E-state index contributed by atoms with van der Waals surface area (Å²) in [4.78, 5) is 18.8. The molecule has 0 saturated heterocycles. The molecule has 2 aromatic carbocycles. The van der Waals surface area contributed by atoms with Crippen molar-refractivity contribution in [3.8, 4) is 34.0 Å². The Morgan fingerprint density at radius 1 is 1.00 bits per heavy atom. The molecule has 0 spiro atoms. The maximum atomic E-state index is 10.7. The number of aromatic amines is 1. The van der Waals surface area contributed by atoms with E-state index in [1.54, 1.807) is 14.2 Å². The molecule has 28 heavy (non-hydrogen) atoms. The van der Waals surface area contributed by atoms with Crippen molar-refractivity contribution in [1.82, 2.24) is 9.97 Å². The maximum absolute atomic E-state index is 10.7. The lowest BCUT2D eigenvalue weighted by Crippen LogP contribution is -1.94. The van der Waals surface area contributed by atoms with Gasteiger partial charge < -0.3 is 19.6 Å². The van der Waals surface area contributed by atoms with Crippen LogP contribution in [0.15, 0.2) is 53.7 Å². The zero-order chi connectivity index (χ0) is 19.9. The number of carboxylic acids is 1. The molecule has 0 fully saturated rings. The van der Waals surface area contributed by atoms with Gasteiger partial charge in [-0.2, -0.15) is 0 Å². The Hall–Kier alpha value is -2.93. The molecule has 0 atom stereocenters. The Bertz CT molecular complexity index is 856. The lowest BCUT2D eigenvalue weighted by atomic mass is 10.0. The first kappa shape index (κ1) is 19.8. The highest BCUT2D eigenvalue weighted by Gasteiger charge is 2.15. The van der Waals surface area contributed by atoms with Gasteiger partial charge in [-0.05, 0) is 55.0 Å². The molecule has 7 heteroatoms. The molecule has 3 rings (SSSR count). The maximum Gasteiger partial charge on any atom is 0.303 e. The van der Waals surface area contributed by atoms with Crippen molar-refractivity contribution in [3.63, 3.8) is 0 Å². The first-order valence-corrected chi connectivity index (χ1v) is 9.82. The Balaban J connectivity index is 1.91. The van der Waals surface area contributed by atoms with Gasteiger partial charge in [0, 0.05) is 23.3 Å². The number of nitrogens with zero attached hydrogens (tertiary/aromatic N) is 1. The largest absolute Gasteiger partial charge is 0.497 e. The van der Waals surface area contributed by atoms with E-state index in [4.69, 9.17) is 19.6 Å². The van der Waals surface area contributed by atoms with Crippen LogP contribution in [0.3, 0.4) is 0 Å². The lowest BCUT2D eigenvalue weighted by Gasteiger charge is -2.06. The quantitative estimate of drug-likeness (QED) is 0.401. The molecule has 0 radical (unpaired) electrons. The summed E-state index contributed by atoms with van der Waals surface area (Å²) in [5.41, 5.74) is 3.72. The molecule has 3 aromatic rings. The number of imidazole rings is 1. The van der Waals surface area contributed by atoms with Crippen molar-refractivity contribution < 1.29 is 19.4 Å². The molecule has 1 aromatic heterocycles. The van der Waals surface area contributed by atoms with Crippen molar-refractivity contribution in [2.45, 2.75) is 18.0 Å². The first-order valence-electron chi connectivity index (χ1n) is 8.84. The van der Waals surface area contributed by atoms with Crippen molar-refractivity contribution in [1.29, 1.82) is 0 Å². The zero-order valence-electron chi connectivity index (χ0n) is 15.8. The number of nitrogens with one attached hydrogen (secondary N) is 1. The van der Waals surface area contributed by atoms with Crippen LogP contribution in [-0.2, 0) is 4.79 Å². The first-order chi connectivity index (χ1) is 13.6. The molecule has 0 unspecified atom stereocenters. The predicted octanol–water partition coefficient (Wildman–Crippen LogP) is 4.72. The molecular formula is C21H22N2O4S. The fourth-order valence-electron chi connectivity index (χ4n) is 2.74. The van der Waals surface area contributed by atoms with Crippen LogP contribution in [0.2, 0.25) is 0 Å². The van der Waals surface area contributed by atoms with Gasteiger partial charge in [0.15, 0.2) is 5.16 Å². The highest BCUT2D eigenvalue weighted by molar-refractivity contribution is 7.99. The van der Waals surface area contributed by atoms with Crippen LogP contribution in [0.4, 0.5) is 0 Å². The smallest absolute Gasteiger partial charge is 0.303 e. The molecule has 0 aliphatic heterocycles. The SMILES string of the molecule is COc1ccc(-c2nc(SCCCC(=O)O)[nH]c2-c2ccc(OC)cc2)cc1. The van der Waals surface area contributed by atoms with Crippen LogP contribution in [0.25, 0.3) is 22.5 Å². The summed E-state index contributed by atoms with van der Waals surface area (Å²) >= 11 is 1.52. The number of aromatic nitrogens is 2. The normalized spacial score (nSPS) is 10.6. The Morgan fingerprint density at radius 3 is 2.11 bits per heavy atom. The van der Waals surface area contributed by atoms with Crippen LogP contribution in [-0.4, -0.2) is 41.0 Å². The monoisotopic (exact) mass is 398 g/mol. The average Bonchev–Trinajstić information content (AvgIpc) is 3.15.